The number of aromatic nitrogens is 2. The van der Waals surface area contributed by atoms with E-state index in [1.807, 2.05) is 6.07 Å². The normalized spacial score (nSPS) is 28.8. The Morgan fingerprint density at radius 2 is 2.15 bits per heavy atom. The summed E-state index contributed by atoms with van der Waals surface area (Å²) in [5, 5.41) is 8.98. The molecule has 0 radical (unpaired) electrons. The molecule has 2 N–H and O–H groups in total. The fourth-order valence-corrected chi connectivity index (χ4v) is 7.45. The molecular formula is C22H22ClFN6O2S. The number of rotatable bonds is 4. The molecule has 2 aliphatic heterocycles. The van der Waals surface area contributed by atoms with E-state index in [1.54, 1.807) is 13.8 Å². The molecule has 4 rings (SSSR count). The standard InChI is InChI=1S/C22H22ClFN6O2S/c1-21(12-33(32)22(2,20(26)30-21)6-3-7-28-33)19-16(24)5-4-14(29-19)9-17(31)18-15(23)8-13(10-25)11-27-18/h4-5,8,11H,3,6-7,9,12H2,1-2H3,(H2,26,30)/t21-,22+,33+/m0/s1. The molecule has 0 amide bonds. The van der Waals surface area contributed by atoms with Gasteiger partial charge < -0.3 is 5.73 Å². The number of carbonyl (C=O) groups is 1. The van der Waals surface area contributed by atoms with Crippen molar-refractivity contribution in [2.45, 2.75) is 43.4 Å². The number of halogens is 2. The number of aliphatic imine (C=N–C) groups is 1. The van der Waals surface area contributed by atoms with E-state index >= 15 is 0 Å². The SMILES string of the molecule is C[C@@]1(c2nc(CC(=O)c3ncc(C#N)cc3Cl)ccc2F)C[S@]2(=O)=NCCC[C@]2(C)C(N)=N1. The summed E-state index contributed by atoms with van der Waals surface area (Å²) in [7, 11) is -2.80. The maximum atomic E-state index is 14.9. The zero-order valence-corrected chi connectivity index (χ0v) is 19.7. The van der Waals surface area contributed by atoms with Crippen molar-refractivity contribution >= 4 is 32.9 Å². The summed E-state index contributed by atoms with van der Waals surface area (Å²) in [4.78, 5) is 25.6. The number of ketones is 1. The summed E-state index contributed by atoms with van der Waals surface area (Å²) in [6.07, 6.45) is 2.42. The average Bonchev–Trinajstić information content (AvgIpc) is 2.76. The maximum Gasteiger partial charge on any atom is 0.188 e. The van der Waals surface area contributed by atoms with Crippen molar-refractivity contribution in [3.05, 3.63) is 57.9 Å². The predicted octanol–water partition coefficient (Wildman–Crippen LogP) is 3.17. The molecule has 2 aromatic rings. The molecule has 0 saturated heterocycles. The van der Waals surface area contributed by atoms with Crippen LogP contribution in [0, 0.1) is 17.1 Å². The molecule has 8 nitrogen and oxygen atoms in total. The van der Waals surface area contributed by atoms with Crippen LogP contribution in [-0.4, -0.2) is 42.8 Å². The summed E-state index contributed by atoms with van der Waals surface area (Å²) in [6, 6.07) is 5.85. The van der Waals surface area contributed by atoms with Crippen molar-refractivity contribution in [2.75, 3.05) is 12.3 Å². The molecule has 0 aliphatic carbocycles. The predicted molar refractivity (Wildman–Crippen MR) is 123 cm³/mol. The highest BCUT2D eigenvalue weighted by Crippen LogP contribution is 2.42. The first-order chi connectivity index (χ1) is 15.5. The van der Waals surface area contributed by atoms with E-state index in [2.05, 4.69) is 19.3 Å². The quantitative estimate of drug-likeness (QED) is 0.656. The van der Waals surface area contributed by atoms with Gasteiger partial charge in [0, 0.05) is 18.4 Å². The second-order valence-corrected chi connectivity index (χ2v) is 11.8. The molecule has 0 spiro atoms. The minimum Gasteiger partial charge on any atom is -0.386 e. The topological polar surface area (TPSA) is 134 Å². The minimum atomic E-state index is -2.80. The van der Waals surface area contributed by atoms with Crippen LogP contribution in [0.1, 0.15) is 54.1 Å². The van der Waals surface area contributed by atoms with Crippen molar-refractivity contribution in [1.82, 2.24) is 9.97 Å². The maximum absolute atomic E-state index is 14.9. The highest BCUT2D eigenvalue weighted by Gasteiger charge is 2.51. The van der Waals surface area contributed by atoms with Gasteiger partial charge >= 0.3 is 0 Å². The van der Waals surface area contributed by atoms with Gasteiger partial charge in [0.15, 0.2) is 5.78 Å². The van der Waals surface area contributed by atoms with Crippen LogP contribution in [0.2, 0.25) is 5.02 Å². The number of nitrogens with zero attached hydrogens (tertiary/aromatic N) is 5. The Labute approximate surface area is 196 Å². The fraction of sp³-hybridized carbons (Fsp3) is 0.409. The molecule has 0 aromatic carbocycles. The van der Waals surface area contributed by atoms with Gasteiger partial charge in [-0.1, -0.05) is 11.6 Å². The van der Waals surface area contributed by atoms with Crippen LogP contribution < -0.4 is 5.73 Å². The fourth-order valence-electron chi connectivity index (χ4n) is 4.26. The molecular weight excluding hydrogens is 467 g/mol. The largest absolute Gasteiger partial charge is 0.386 e. The molecule has 0 saturated carbocycles. The van der Waals surface area contributed by atoms with Gasteiger partial charge in [0.2, 0.25) is 0 Å². The van der Waals surface area contributed by atoms with E-state index < -0.39 is 31.6 Å². The molecule has 2 aromatic heterocycles. The molecule has 33 heavy (non-hydrogen) atoms. The van der Waals surface area contributed by atoms with Crippen LogP contribution in [0.25, 0.3) is 0 Å². The number of nitrogens with two attached hydrogens (primary N) is 1. The van der Waals surface area contributed by atoms with Crippen molar-refractivity contribution in [3.8, 4) is 6.07 Å². The average molecular weight is 489 g/mol. The third kappa shape index (κ3) is 3.89. The number of pyridine rings is 2. The van der Waals surface area contributed by atoms with E-state index in [-0.39, 0.29) is 45.7 Å². The van der Waals surface area contributed by atoms with Crippen molar-refractivity contribution in [3.63, 3.8) is 0 Å². The lowest BCUT2D eigenvalue weighted by atomic mass is 9.96. The molecule has 0 fully saturated rings. The second-order valence-electron chi connectivity index (χ2n) is 8.64. The van der Waals surface area contributed by atoms with E-state index in [0.29, 0.717) is 13.0 Å². The summed E-state index contributed by atoms with van der Waals surface area (Å²) >= 11 is 6.09. The lowest BCUT2D eigenvalue weighted by Gasteiger charge is -2.43. The molecule has 2 aliphatic rings. The summed E-state index contributed by atoms with van der Waals surface area (Å²) in [6.45, 7) is 3.89. The van der Waals surface area contributed by atoms with E-state index in [4.69, 9.17) is 22.6 Å². The smallest absolute Gasteiger partial charge is 0.188 e. The number of Topliss-reactive ketones (excluding diaryl/α,β-unsaturated/α-hetero) is 1. The second kappa shape index (κ2) is 8.15. The Hall–Kier alpha value is -2.90. The molecule has 4 heterocycles. The monoisotopic (exact) mass is 488 g/mol. The third-order valence-corrected chi connectivity index (χ3v) is 9.85. The van der Waals surface area contributed by atoms with Gasteiger partial charge in [-0.2, -0.15) is 5.26 Å². The van der Waals surface area contributed by atoms with Gasteiger partial charge in [-0.05, 0) is 44.9 Å². The van der Waals surface area contributed by atoms with Gasteiger partial charge in [-0.3, -0.25) is 19.8 Å². The highest BCUT2D eigenvalue weighted by molar-refractivity contribution is 7.95. The third-order valence-electron chi connectivity index (χ3n) is 6.19. The number of carbonyl (C=O) groups excluding carboxylic acids is 1. The highest BCUT2D eigenvalue weighted by atomic mass is 35.5. The van der Waals surface area contributed by atoms with Crippen LogP contribution >= 0.6 is 11.6 Å². The first kappa shape index (κ1) is 23.3. The van der Waals surface area contributed by atoms with Crippen LogP contribution in [-0.2, 0) is 21.7 Å². The molecule has 0 bridgehead atoms. The van der Waals surface area contributed by atoms with Crippen molar-refractivity contribution in [1.29, 1.82) is 5.26 Å². The number of nitriles is 1. The van der Waals surface area contributed by atoms with Crippen molar-refractivity contribution < 1.29 is 13.4 Å². The Morgan fingerprint density at radius 3 is 2.85 bits per heavy atom. The molecule has 0 unspecified atom stereocenters. The van der Waals surface area contributed by atoms with Crippen molar-refractivity contribution in [2.24, 2.45) is 15.1 Å². The van der Waals surface area contributed by atoms with Gasteiger partial charge in [-0.15, -0.1) is 0 Å². The van der Waals surface area contributed by atoms with Gasteiger partial charge in [0.1, 0.15) is 39.4 Å². The first-order valence-corrected chi connectivity index (χ1v) is 12.4. The summed E-state index contributed by atoms with van der Waals surface area (Å²) < 4.78 is 32.3. The van der Waals surface area contributed by atoms with E-state index in [0.717, 1.165) is 6.42 Å². The van der Waals surface area contributed by atoms with Crippen LogP contribution in [0.5, 0.6) is 0 Å². The Bertz CT molecular complexity index is 1360. The number of hydrogen-bond donors (Lipinski definition) is 1. The zero-order chi connectivity index (χ0) is 24.0. The number of fused-ring (bicyclic) bond motifs is 1. The lowest BCUT2D eigenvalue weighted by molar-refractivity contribution is 0.0987. The van der Waals surface area contributed by atoms with Crippen LogP contribution in [0.3, 0.4) is 0 Å². The molecule has 172 valence electrons. The lowest BCUT2D eigenvalue weighted by Crippen LogP contribution is -2.57. The molecule has 3 atom stereocenters. The summed E-state index contributed by atoms with van der Waals surface area (Å²) in [5.74, 6) is -0.906. The van der Waals surface area contributed by atoms with E-state index in [9.17, 15) is 13.4 Å². The minimum absolute atomic E-state index is 0.00536. The van der Waals surface area contributed by atoms with Crippen LogP contribution in [0.4, 0.5) is 4.39 Å². The summed E-state index contributed by atoms with van der Waals surface area (Å²) in [5.41, 5.74) is 5.43. The van der Waals surface area contributed by atoms with Gasteiger partial charge in [0.05, 0.1) is 32.5 Å². The first-order valence-electron chi connectivity index (χ1n) is 10.3. The van der Waals surface area contributed by atoms with Crippen LogP contribution in [0.15, 0.2) is 33.8 Å². The van der Waals surface area contributed by atoms with Gasteiger partial charge in [-0.25, -0.2) is 13.0 Å². The number of amidine groups is 1. The molecule has 11 heteroatoms. The zero-order valence-electron chi connectivity index (χ0n) is 18.1. The van der Waals surface area contributed by atoms with E-state index in [1.165, 1.54) is 24.4 Å². The number of hydrogen-bond acceptors (Lipinski definition) is 8. The Balaban J connectivity index is 1.70. The Kier molecular flexibility index (Phi) is 5.75. The Morgan fingerprint density at radius 1 is 1.39 bits per heavy atom. The van der Waals surface area contributed by atoms with Gasteiger partial charge in [0.25, 0.3) is 0 Å².